The molecule has 0 saturated carbocycles. The molecular weight excluding hydrogens is 634 g/mol. The fourth-order valence-electron chi connectivity index (χ4n) is 7.67. The second-order valence-corrected chi connectivity index (χ2v) is 12.7. The van der Waals surface area contributed by atoms with Gasteiger partial charge in [0.2, 0.25) is 0 Å². The van der Waals surface area contributed by atoms with E-state index in [4.69, 9.17) is 28.4 Å². The summed E-state index contributed by atoms with van der Waals surface area (Å²) in [6.45, 7) is 0.0207. The van der Waals surface area contributed by atoms with Crippen LogP contribution in [0.4, 0.5) is 0 Å². The second-order valence-electron chi connectivity index (χ2n) is 12.7. The number of nitriles is 1. The Labute approximate surface area is 293 Å². The Morgan fingerprint density at radius 2 is 1.38 bits per heavy atom. The van der Waals surface area contributed by atoms with Crippen LogP contribution in [0.25, 0.3) is 16.8 Å². The third-order valence-corrected chi connectivity index (χ3v) is 9.90. The molecule has 4 aromatic carbocycles. The molecule has 6 rings (SSSR count). The van der Waals surface area contributed by atoms with Crippen molar-refractivity contribution in [1.29, 1.82) is 5.26 Å². The average molecular weight is 678 g/mol. The lowest BCUT2D eigenvalue weighted by atomic mass is 9.82. The number of fused-ring (bicyclic) bond motifs is 4. The minimum Gasteiger partial charge on any atom is -0.496 e. The summed E-state index contributed by atoms with van der Waals surface area (Å²) in [6.07, 6.45) is 4.29. The first-order valence-electron chi connectivity index (χ1n) is 16.5. The van der Waals surface area contributed by atoms with E-state index < -0.39 is 18.1 Å². The van der Waals surface area contributed by atoms with Crippen molar-refractivity contribution in [3.05, 3.63) is 94.6 Å². The van der Waals surface area contributed by atoms with Gasteiger partial charge in [0.25, 0.3) is 0 Å². The maximum Gasteiger partial charge on any atom is 0.330 e. The Bertz CT molecular complexity index is 1970. The van der Waals surface area contributed by atoms with Crippen molar-refractivity contribution >= 4 is 22.8 Å². The zero-order chi connectivity index (χ0) is 35.5. The van der Waals surface area contributed by atoms with Crippen LogP contribution in [0.1, 0.15) is 39.9 Å². The van der Waals surface area contributed by atoms with Gasteiger partial charge in [-0.05, 0) is 90.1 Å². The number of hydrogen-bond donors (Lipinski definition) is 0. The summed E-state index contributed by atoms with van der Waals surface area (Å²) in [5.41, 5.74) is 4.91. The standard InChI is InChI=1S/C40H43N3O7/c1-42(2)40-31-21-38(49-7)35(46-4)18-25(31)16-27(22-41)43-32(40)17-26-19-36(47-5)37(48-6)20-30(26)33(43)23-50-39(44)15-13-24-12-14-34(45-3)29-11-9-8-10-28(24)29/h8-15,18-21,27,32-33,40H,16-17,23H2,1-7H3/b15-13+/t27-,32?,33+,40-/m1/s1. The zero-order valence-corrected chi connectivity index (χ0v) is 29.6. The summed E-state index contributed by atoms with van der Waals surface area (Å²) < 4.78 is 34.4. The fraction of sp³-hybridized carbons (Fsp3) is 0.350. The highest BCUT2D eigenvalue weighted by atomic mass is 16.5. The first-order chi connectivity index (χ1) is 24.3. The van der Waals surface area contributed by atoms with E-state index in [9.17, 15) is 10.1 Å². The number of nitrogens with zero attached hydrogens (tertiary/aromatic N) is 3. The first kappa shape index (κ1) is 34.6. The van der Waals surface area contributed by atoms with Crippen molar-refractivity contribution in [3.63, 3.8) is 0 Å². The van der Waals surface area contributed by atoms with Gasteiger partial charge in [-0.15, -0.1) is 0 Å². The highest BCUT2D eigenvalue weighted by Crippen LogP contribution is 2.48. The van der Waals surface area contributed by atoms with Crippen LogP contribution in [0.3, 0.4) is 0 Å². The summed E-state index contributed by atoms with van der Waals surface area (Å²) in [7, 11) is 12.2. The van der Waals surface area contributed by atoms with Gasteiger partial charge in [-0.1, -0.05) is 30.3 Å². The van der Waals surface area contributed by atoms with Crippen LogP contribution in [-0.4, -0.2) is 84.1 Å². The van der Waals surface area contributed by atoms with Crippen LogP contribution >= 0.6 is 0 Å². The molecule has 0 bridgehead atoms. The smallest absolute Gasteiger partial charge is 0.330 e. The molecule has 0 aromatic heterocycles. The summed E-state index contributed by atoms with van der Waals surface area (Å²) in [5.74, 6) is 2.70. The molecule has 4 atom stereocenters. The molecule has 0 fully saturated rings. The fourth-order valence-corrected chi connectivity index (χ4v) is 7.67. The van der Waals surface area contributed by atoms with Crippen molar-refractivity contribution in [1.82, 2.24) is 9.80 Å². The average Bonchev–Trinajstić information content (AvgIpc) is 3.27. The van der Waals surface area contributed by atoms with Gasteiger partial charge in [0.15, 0.2) is 23.0 Å². The molecule has 2 aliphatic heterocycles. The number of carbonyl (C=O) groups is 1. The lowest BCUT2D eigenvalue weighted by molar-refractivity contribution is -0.140. The van der Waals surface area contributed by atoms with Crippen molar-refractivity contribution < 1.29 is 33.2 Å². The van der Waals surface area contributed by atoms with E-state index in [1.807, 2.05) is 74.8 Å². The lowest BCUT2D eigenvalue weighted by Crippen LogP contribution is -2.54. The monoisotopic (exact) mass is 677 g/mol. The number of methoxy groups -OCH3 is 5. The number of esters is 1. The molecular formula is C40H43N3O7. The highest BCUT2D eigenvalue weighted by molar-refractivity contribution is 5.97. The largest absolute Gasteiger partial charge is 0.496 e. The highest BCUT2D eigenvalue weighted by Gasteiger charge is 2.47. The molecule has 10 heteroatoms. The Hall–Kier alpha value is -5.24. The van der Waals surface area contributed by atoms with E-state index in [0.29, 0.717) is 35.8 Å². The number of likely N-dealkylation sites (N-methyl/N-ethyl adjacent to an activating group) is 1. The Balaban J connectivity index is 1.40. The molecule has 10 nitrogen and oxygen atoms in total. The van der Waals surface area contributed by atoms with Crippen molar-refractivity contribution in [2.45, 2.75) is 37.0 Å². The van der Waals surface area contributed by atoms with E-state index in [-0.39, 0.29) is 18.7 Å². The Kier molecular flexibility index (Phi) is 10.2. The predicted molar refractivity (Wildman–Crippen MR) is 191 cm³/mol. The van der Waals surface area contributed by atoms with Gasteiger partial charge >= 0.3 is 5.97 Å². The lowest BCUT2D eigenvalue weighted by Gasteiger charge is -2.48. The van der Waals surface area contributed by atoms with Crippen molar-refractivity contribution in [3.8, 4) is 34.8 Å². The Morgan fingerprint density at radius 3 is 1.98 bits per heavy atom. The summed E-state index contributed by atoms with van der Waals surface area (Å²) >= 11 is 0. The molecule has 1 unspecified atom stereocenters. The SMILES string of the molecule is COc1cc2c(cc1OC)[C@@H](N(C)C)C1Cc3cc(OC)c(OC)cc3[C@H](COC(=O)/C=C/c3ccc(OC)c4ccccc34)N1[C@@H](C#N)C2. The minimum absolute atomic E-state index is 0.0207. The van der Waals surface area contributed by atoms with Crippen LogP contribution < -0.4 is 23.7 Å². The molecule has 0 aliphatic carbocycles. The quantitative estimate of drug-likeness (QED) is 0.143. The molecule has 2 aliphatic rings. The number of benzene rings is 4. The van der Waals surface area contributed by atoms with Crippen LogP contribution in [0.2, 0.25) is 0 Å². The number of rotatable bonds is 10. The van der Waals surface area contributed by atoms with Gasteiger partial charge in [-0.2, -0.15) is 5.26 Å². The molecule has 0 N–H and O–H groups in total. The van der Waals surface area contributed by atoms with E-state index >= 15 is 0 Å². The summed E-state index contributed by atoms with van der Waals surface area (Å²) in [6, 6.07) is 21.0. The van der Waals surface area contributed by atoms with Crippen molar-refractivity contribution in [2.75, 3.05) is 56.3 Å². The van der Waals surface area contributed by atoms with Gasteiger partial charge in [0.1, 0.15) is 18.4 Å². The van der Waals surface area contributed by atoms with E-state index in [1.54, 1.807) is 41.6 Å². The van der Waals surface area contributed by atoms with E-state index in [1.165, 1.54) is 6.08 Å². The van der Waals surface area contributed by atoms with Gasteiger partial charge in [0.05, 0.1) is 53.7 Å². The molecule has 0 radical (unpaired) electrons. The minimum atomic E-state index is -0.534. The van der Waals surface area contributed by atoms with Crippen LogP contribution in [-0.2, 0) is 22.4 Å². The number of ether oxygens (including phenoxy) is 6. The topological polar surface area (TPSA) is 103 Å². The van der Waals surface area contributed by atoms with Gasteiger partial charge < -0.3 is 33.3 Å². The van der Waals surface area contributed by atoms with Crippen molar-refractivity contribution in [2.24, 2.45) is 0 Å². The molecule has 0 saturated heterocycles. The first-order valence-corrected chi connectivity index (χ1v) is 16.5. The zero-order valence-electron chi connectivity index (χ0n) is 29.6. The van der Waals surface area contributed by atoms with E-state index in [0.717, 1.165) is 44.3 Å². The molecule has 0 amide bonds. The predicted octanol–water partition coefficient (Wildman–Crippen LogP) is 6.16. The Morgan fingerprint density at radius 1 is 0.800 bits per heavy atom. The van der Waals surface area contributed by atoms with Crippen LogP contribution in [0.5, 0.6) is 28.7 Å². The van der Waals surface area contributed by atoms with Gasteiger partial charge in [-0.25, -0.2) is 4.79 Å². The third kappa shape index (κ3) is 6.30. The summed E-state index contributed by atoms with van der Waals surface area (Å²) in [5, 5.41) is 12.7. The second kappa shape index (κ2) is 14.7. The molecule has 260 valence electrons. The molecule has 50 heavy (non-hydrogen) atoms. The van der Waals surface area contributed by atoms with E-state index in [2.05, 4.69) is 15.9 Å². The van der Waals surface area contributed by atoms with Crippen LogP contribution in [0.15, 0.2) is 66.7 Å². The molecule has 2 heterocycles. The number of carbonyl (C=O) groups excluding carboxylic acids is 1. The maximum atomic E-state index is 13.4. The molecule has 0 spiro atoms. The third-order valence-electron chi connectivity index (χ3n) is 9.90. The van der Waals surface area contributed by atoms with Gasteiger partial charge in [-0.3, -0.25) is 4.90 Å². The maximum absolute atomic E-state index is 13.4. The molecule has 4 aromatic rings. The normalized spacial score (nSPS) is 19.9. The van der Waals surface area contributed by atoms with Gasteiger partial charge in [0, 0.05) is 23.9 Å². The number of hydrogen-bond acceptors (Lipinski definition) is 10. The van der Waals surface area contributed by atoms with Crippen LogP contribution in [0, 0.1) is 11.3 Å². The summed E-state index contributed by atoms with van der Waals surface area (Å²) in [4.78, 5) is 17.8.